The Kier molecular flexibility index (Phi) is 6.00. The molecule has 2 heterocycles. The van der Waals surface area contributed by atoms with Crippen LogP contribution in [0.2, 0.25) is 0 Å². The topological polar surface area (TPSA) is 34.1 Å². The lowest BCUT2D eigenvalue weighted by Gasteiger charge is -2.37. The van der Waals surface area contributed by atoms with E-state index in [1.807, 2.05) is 18.4 Å². The number of nitrogens with one attached hydrogen (secondary N) is 1. The lowest BCUT2D eigenvalue weighted by molar-refractivity contribution is 0.214. The summed E-state index contributed by atoms with van der Waals surface area (Å²) in [5, 5.41) is 7.11. The Morgan fingerprint density at radius 1 is 1.33 bits per heavy atom. The van der Waals surface area contributed by atoms with Crippen LogP contribution in [0, 0.1) is 0 Å². The molecule has 0 amide bonds. The van der Waals surface area contributed by atoms with Crippen molar-refractivity contribution >= 4 is 22.3 Å². The van der Waals surface area contributed by atoms with Crippen molar-refractivity contribution in [2.24, 2.45) is 4.99 Å². The molecule has 3 rings (SSSR count). The first kappa shape index (κ1) is 17.5. The molecule has 1 saturated heterocycles. The summed E-state index contributed by atoms with van der Waals surface area (Å²) in [5.74, 6) is 1.06. The van der Waals surface area contributed by atoms with E-state index in [-0.39, 0.29) is 0 Å². The number of nitrogens with zero attached hydrogens (tertiary/aromatic N) is 4. The van der Waals surface area contributed by atoms with Gasteiger partial charge in [-0.3, -0.25) is 9.89 Å². The maximum Gasteiger partial charge on any atom is 0.193 e. The molecule has 5 nitrogen and oxygen atoms in total. The average Bonchev–Trinajstić information content (AvgIpc) is 3.27. The molecule has 1 N–H and O–H groups in total. The number of guanidine groups is 1. The van der Waals surface area contributed by atoms with E-state index in [2.05, 4.69) is 56.4 Å². The molecule has 1 saturated carbocycles. The van der Waals surface area contributed by atoms with Crippen molar-refractivity contribution in [1.82, 2.24) is 15.1 Å². The van der Waals surface area contributed by atoms with Crippen molar-refractivity contribution in [2.75, 3.05) is 51.2 Å². The van der Waals surface area contributed by atoms with Crippen LogP contribution in [0.4, 0.5) is 5.00 Å². The van der Waals surface area contributed by atoms with Gasteiger partial charge in [0.1, 0.15) is 0 Å². The Hall–Kier alpha value is -1.27. The summed E-state index contributed by atoms with van der Waals surface area (Å²) < 4.78 is 0. The molecule has 0 bridgehead atoms. The standard InChI is InChI=1S/C18H31N5S/c1-15(2)23(16-6-7-16)9-8-20-18(19-3)22-12-10-21(11-13-22)17-5-4-14-24-17/h4-5,14-16H,6-13H2,1-3H3,(H,19,20). The zero-order chi connectivity index (χ0) is 16.9. The van der Waals surface area contributed by atoms with Gasteiger partial charge >= 0.3 is 0 Å². The lowest BCUT2D eigenvalue weighted by Crippen LogP contribution is -2.53. The average molecular weight is 350 g/mol. The van der Waals surface area contributed by atoms with E-state index in [1.54, 1.807) is 0 Å². The van der Waals surface area contributed by atoms with E-state index in [1.165, 1.54) is 17.8 Å². The van der Waals surface area contributed by atoms with Gasteiger partial charge < -0.3 is 15.1 Å². The molecule has 1 aliphatic carbocycles. The Morgan fingerprint density at radius 3 is 2.62 bits per heavy atom. The predicted octanol–water partition coefficient (Wildman–Crippen LogP) is 2.32. The molecule has 0 radical (unpaired) electrons. The summed E-state index contributed by atoms with van der Waals surface area (Å²) in [7, 11) is 1.90. The van der Waals surface area contributed by atoms with Crippen LogP contribution in [-0.4, -0.2) is 74.2 Å². The summed E-state index contributed by atoms with van der Waals surface area (Å²) in [4.78, 5) is 12.0. The van der Waals surface area contributed by atoms with E-state index in [0.717, 1.165) is 51.3 Å². The molecule has 1 aromatic rings. The van der Waals surface area contributed by atoms with Crippen LogP contribution in [0.1, 0.15) is 26.7 Å². The molecular weight excluding hydrogens is 318 g/mol. The smallest absolute Gasteiger partial charge is 0.193 e. The highest BCUT2D eigenvalue weighted by molar-refractivity contribution is 7.14. The van der Waals surface area contributed by atoms with Gasteiger partial charge in [0.05, 0.1) is 5.00 Å². The first-order valence-electron chi connectivity index (χ1n) is 9.19. The summed E-state index contributed by atoms with van der Waals surface area (Å²) in [6.07, 6.45) is 2.75. The minimum atomic E-state index is 0.635. The van der Waals surface area contributed by atoms with Gasteiger partial charge in [0, 0.05) is 58.4 Å². The maximum atomic E-state index is 4.50. The number of piperazine rings is 1. The molecule has 6 heteroatoms. The van der Waals surface area contributed by atoms with Gasteiger partial charge in [0.2, 0.25) is 0 Å². The van der Waals surface area contributed by atoms with Gasteiger partial charge in [-0.05, 0) is 44.2 Å². The zero-order valence-electron chi connectivity index (χ0n) is 15.2. The maximum absolute atomic E-state index is 4.50. The van der Waals surface area contributed by atoms with Crippen LogP contribution in [0.3, 0.4) is 0 Å². The van der Waals surface area contributed by atoms with Gasteiger partial charge in [-0.25, -0.2) is 0 Å². The highest BCUT2D eigenvalue weighted by atomic mass is 32.1. The van der Waals surface area contributed by atoms with Crippen LogP contribution >= 0.6 is 11.3 Å². The molecule has 1 aromatic heterocycles. The second kappa shape index (κ2) is 8.21. The van der Waals surface area contributed by atoms with Crippen LogP contribution in [0.15, 0.2) is 22.5 Å². The number of anilines is 1. The van der Waals surface area contributed by atoms with Crippen LogP contribution < -0.4 is 10.2 Å². The largest absolute Gasteiger partial charge is 0.360 e. The van der Waals surface area contributed by atoms with Crippen molar-refractivity contribution < 1.29 is 0 Å². The zero-order valence-corrected chi connectivity index (χ0v) is 16.1. The van der Waals surface area contributed by atoms with Crippen LogP contribution in [0.5, 0.6) is 0 Å². The normalized spacial score (nSPS) is 19.5. The molecule has 24 heavy (non-hydrogen) atoms. The fraction of sp³-hybridized carbons (Fsp3) is 0.722. The molecule has 2 aliphatic rings. The Labute approximate surface area is 150 Å². The molecule has 0 unspecified atom stereocenters. The van der Waals surface area contributed by atoms with Crippen molar-refractivity contribution in [3.63, 3.8) is 0 Å². The monoisotopic (exact) mass is 349 g/mol. The Morgan fingerprint density at radius 2 is 2.08 bits per heavy atom. The van der Waals surface area contributed by atoms with E-state index in [0.29, 0.717) is 6.04 Å². The number of hydrogen-bond acceptors (Lipinski definition) is 4. The first-order chi connectivity index (χ1) is 11.7. The minimum Gasteiger partial charge on any atom is -0.360 e. The number of aliphatic imine (C=N–C) groups is 1. The minimum absolute atomic E-state index is 0.635. The van der Waals surface area contributed by atoms with Crippen molar-refractivity contribution in [2.45, 2.75) is 38.8 Å². The summed E-state index contributed by atoms with van der Waals surface area (Å²) >= 11 is 1.83. The highest BCUT2D eigenvalue weighted by Crippen LogP contribution is 2.28. The predicted molar refractivity (Wildman–Crippen MR) is 104 cm³/mol. The third-order valence-electron chi connectivity index (χ3n) is 4.94. The second-order valence-corrected chi connectivity index (χ2v) is 7.89. The van der Waals surface area contributed by atoms with Crippen molar-refractivity contribution in [3.8, 4) is 0 Å². The quantitative estimate of drug-likeness (QED) is 0.631. The van der Waals surface area contributed by atoms with Gasteiger partial charge in [-0.15, -0.1) is 11.3 Å². The fourth-order valence-electron chi connectivity index (χ4n) is 3.49. The molecule has 134 valence electrons. The highest BCUT2D eigenvalue weighted by Gasteiger charge is 2.30. The van der Waals surface area contributed by atoms with Crippen LogP contribution in [0.25, 0.3) is 0 Å². The molecule has 1 aliphatic heterocycles. The van der Waals surface area contributed by atoms with Crippen molar-refractivity contribution in [1.29, 1.82) is 0 Å². The first-order valence-corrected chi connectivity index (χ1v) is 10.1. The number of thiophene rings is 1. The summed E-state index contributed by atoms with van der Waals surface area (Å²) in [5.41, 5.74) is 0. The van der Waals surface area contributed by atoms with Crippen molar-refractivity contribution in [3.05, 3.63) is 17.5 Å². The van der Waals surface area contributed by atoms with Gasteiger partial charge in [0.25, 0.3) is 0 Å². The summed E-state index contributed by atoms with van der Waals surface area (Å²) in [6.45, 7) is 10.9. The number of rotatable bonds is 6. The van der Waals surface area contributed by atoms with Gasteiger partial charge in [-0.2, -0.15) is 0 Å². The Bertz CT molecular complexity index is 514. The lowest BCUT2D eigenvalue weighted by atomic mass is 10.3. The number of hydrogen-bond donors (Lipinski definition) is 1. The fourth-order valence-corrected chi connectivity index (χ4v) is 4.27. The SMILES string of the molecule is CN=C(NCCN(C(C)C)C1CC1)N1CCN(c2cccs2)CC1. The third kappa shape index (κ3) is 4.42. The third-order valence-corrected chi connectivity index (χ3v) is 5.87. The van der Waals surface area contributed by atoms with Gasteiger partial charge in [-0.1, -0.05) is 0 Å². The molecule has 0 aromatic carbocycles. The van der Waals surface area contributed by atoms with E-state index in [9.17, 15) is 0 Å². The molecular formula is C18H31N5S. The molecule has 0 atom stereocenters. The van der Waals surface area contributed by atoms with E-state index < -0.39 is 0 Å². The van der Waals surface area contributed by atoms with E-state index in [4.69, 9.17) is 0 Å². The summed E-state index contributed by atoms with van der Waals surface area (Å²) in [6, 6.07) is 5.80. The van der Waals surface area contributed by atoms with E-state index >= 15 is 0 Å². The Balaban J connectivity index is 1.43. The van der Waals surface area contributed by atoms with Crippen LogP contribution in [-0.2, 0) is 0 Å². The molecule has 0 spiro atoms. The molecule has 2 fully saturated rings. The second-order valence-electron chi connectivity index (χ2n) is 6.96. The van der Waals surface area contributed by atoms with Gasteiger partial charge in [0.15, 0.2) is 5.96 Å².